The Morgan fingerprint density at radius 1 is 1.08 bits per heavy atom. The molecule has 2 aromatic heterocycles. The molecular weight excluding hydrogens is 328 g/mol. The van der Waals surface area contributed by atoms with Gasteiger partial charge in [-0.3, -0.25) is 4.79 Å². The van der Waals surface area contributed by atoms with E-state index in [1.807, 2.05) is 30.3 Å². The smallest absolute Gasteiger partial charge is 0.267 e. The van der Waals surface area contributed by atoms with Gasteiger partial charge in [0, 0.05) is 23.6 Å². The predicted molar refractivity (Wildman–Crippen MR) is 99.5 cm³/mol. The van der Waals surface area contributed by atoms with Gasteiger partial charge in [0.2, 0.25) is 0 Å². The van der Waals surface area contributed by atoms with Crippen molar-refractivity contribution in [3.63, 3.8) is 0 Å². The first-order chi connectivity index (χ1) is 12.8. The van der Waals surface area contributed by atoms with Crippen molar-refractivity contribution in [2.45, 2.75) is 30.8 Å². The third kappa shape index (κ3) is 2.76. The van der Waals surface area contributed by atoms with Crippen molar-refractivity contribution < 1.29 is 4.74 Å². The van der Waals surface area contributed by atoms with Crippen molar-refractivity contribution in [3.8, 4) is 0 Å². The molecular formula is C20H20N4O2. The Morgan fingerprint density at radius 2 is 1.96 bits per heavy atom. The van der Waals surface area contributed by atoms with E-state index in [0.29, 0.717) is 19.1 Å². The maximum Gasteiger partial charge on any atom is 0.267 e. The topological polar surface area (TPSA) is 69.0 Å². The third-order valence-electron chi connectivity index (χ3n) is 5.20. The van der Waals surface area contributed by atoms with Gasteiger partial charge < -0.3 is 10.1 Å². The monoisotopic (exact) mass is 348 g/mol. The van der Waals surface area contributed by atoms with E-state index < -0.39 is 0 Å². The fourth-order valence-corrected chi connectivity index (χ4v) is 3.61. The lowest BCUT2D eigenvalue weighted by Gasteiger charge is -2.21. The average molecular weight is 348 g/mol. The molecule has 2 aliphatic rings. The molecule has 1 aromatic carbocycles. The summed E-state index contributed by atoms with van der Waals surface area (Å²) in [6, 6.07) is 13.4. The number of hydrogen-bond donors (Lipinski definition) is 1. The molecule has 3 aromatic rings. The number of fused-ring (bicyclic) bond motifs is 1. The van der Waals surface area contributed by atoms with Crippen LogP contribution in [0.5, 0.6) is 0 Å². The van der Waals surface area contributed by atoms with Crippen LogP contribution in [0.1, 0.15) is 30.5 Å². The summed E-state index contributed by atoms with van der Waals surface area (Å²) in [5.41, 5.74) is 0.932. The van der Waals surface area contributed by atoms with Gasteiger partial charge >= 0.3 is 0 Å². The lowest BCUT2D eigenvalue weighted by atomic mass is 10.1. The van der Waals surface area contributed by atoms with Crippen LogP contribution in [0.4, 0.5) is 5.82 Å². The van der Waals surface area contributed by atoms with Crippen LogP contribution in [0, 0.1) is 0 Å². The number of rotatable bonds is 4. The minimum Gasteiger partial charge on any atom is -0.377 e. The maximum absolute atomic E-state index is 12.4. The first-order valence-electron chi connectivity index (χ1n) is 9.07. The summed E-state index contributed by atoms with van der Waals surface area (Å²) in [5.74, 6) is 1.32. The minimum atomic E-state index is -0.137. The van der Waals surface area contributed by atoms with Crippen LogP contribution in [0.15, 0.2) is 53.5 Å². The summed E-state index contributed by atoms with van der Waals surface area (Å²) in [6.45, 7) is 1.00. The zero-order valence-electron chi connectivity index (χ0n) is 14.3. The standard InChI is InChI=1S/C20H20N4O2/c25-19-8-7-16(14-5-6-14)23-24(19)18-12-26-11-17(18)22-20-15-4-2-1-3-13(15)9-10-21-20/h1-4,7-10,14,17-18H,5-6,11-12H2,(H,21,22). The second-order valence-electron chi connectivity index (χ2n) is 7.05. The molecule has 1 saturated heterocycles. The molecule has 1 saturated carbocycles. The molecule has 1 aliphatic heterocycles. The molecule has 0 bridgehead atoms. The highest BCUT2D eigenvalue weighted by Gasteiger charge is 2.33. The van der Waals surface area contributed by atoms with Crippen LogP contribution in [0.25, 0.3) is 10.8 Å². The Hall–Kier alpha value is -2.73. The Labute approximate surface area is 150 Å². The Kier molecular flexibility index (Phi) is 3.71. The van der Waals surface area contributed by atoms with Gasteiger partial charge in [0.15, 0.2) is 0 Å². The van der Waals surface area contributed by atoms with Crippen LogP contribution in [-0.2, 0) is 4.74 Å². The summed E-state index contributed by atoms with van der Waals surface area (Å²) < 4.78 is 7.29. The lowest BCUT2D eigenvalue weighted by molar-refractivity contribution is 0.182. The van der Waals surface area contributed by atoms with Crippen molar-refractivity contribution in [2.24, 2.45) is 0 Å². The number of hydrogen-bond acceptors (Lipinski definition) is 5. The van der Waals surface area contributed by atoms with Crippen molar-refractivity contribution >= 4 is 16.6 Å². The fourth-order valence-electron chi connectivity index (χ4n) is 3.61. The fraction of sp³-hybridized carbons (Fsp3) is 0.350. The molecule has 1 N–H and O–H groups in total. The summed E-state index contributed by atoms with van der Waals surface area (Å²) >= 11 is 0. The van der Waals surface area contributed by atoms with Crippen LogP contribution >= 0.6 is 0 Å². The highest BCUT2D eigenvalue weighted by atomic mass is 16.5. The third-order valence-corrected chi connectivity index (χ3v) is 5.20. The molecule has 3 heterocycles. The van der Waals surface area contributed by atoms with E-state index in [4.69, 9.17) is 4.74 Å². The molecule has 132 valence electrons. The first-order valence-corrected chi connectivity index (χ1v) is 9.07. The molecule has 2 fully saturated rings. The number of ether oxygens (including phenoxy) is 1. The highest BCUT2D eigenvalue weighted by Crippen LogP contribution is 2.38. The van der Waals surface area contributed by atoms with Gasteiger partial charge in [-0.25, -0.2) is 9.67 Å². The molecule has 0 radical (unpaired) electrons. The van der Waals surface area contributed by atoms with Gasteiger partial charge in [-0.2, -0.15) is 5.10 Å². The molecule has 26 heavy (non-hydrogen) atoms. The number of nitrogens with one attached hydrogen (secondary N) is 1. The van der Waals surface area contributed by atoms with Crippen molar-refractivity contribution in [1.82, 2.24) is 14.8 Å². The molecule has 6 heteroatoms. The quantitative estimate of drug-likeness (QED) is 0.785. The Bertz CT molecular complexity index is 1010. The molecule has 2 unspecified atom stereocenters. The number of aromatic nitrogens is 3. The normalized spacial score (nSPS) is 22.6. The van der Waals surface area contributed by atoms with Crippen molar-refractivity contribution in [3.05, 3.63) is 64.7 Å². The van der Waals surface area contributed by atoms with Crippen molar-refractivity contribution in [2.75, 3.05) is 18.5 Å². The van der Waals surface area contributed by atoms with Gasteiger partial charge in [0.05, 0.1) is 24.9 Å². The van der Waals surface area contributed by atoms with E-state index in [9.17, 15) is 4.79 Å². The number of pyridine rings is 1. The van der Waals surface area contributed by atoms with Gasteiger partial charge in [-0.15, -0.1) is 0 Å². The van der Waals surface area contributed by atoms with Crippen LogP contribution < -0.4 is 10.9 Å². The van der Waals surface area contributed by atoms with Crippen LogP contribution in [0.3, 0.4) is 0 Å². The second kappa shape index (κ2) is 6.21. The van der Waals surface area contributed by atoms with Gasteiger partial charge in [0.25, 0.3) is 5.56 Å². The average Bonchev–Trinajstić information content (AvgIpc) is 3.42. The summed E-state index contributed by atoms with van der Waals surface area (Å²) in [5, 5.41) is 10.3. The first kappa shape index (κ1) is 15.5. The van der Waals surface area contributed by atoms with E-state index in [0.717, 1.165) is 35.1 Å². The SMILES string of the molecule is O=c1ccc(C2CC2)nn1C1COCC1Nc1nccc2ccccc12. The van der Waals surface area contributed by atoms with E-state index in [2.05, 4.69) is 21.5 Å². The zero-order chi connectivity index (χ0) is 17.5. The van der Waals surface area contributed by atoms with Gasteiger partial charge in [-0.05, 0) is 30.4 Å². The molecule has 6 nitrogen and oxygen atoms in total. The molecule has 1 aliphatic carbocycles. The summed E-state index contributed by atoms with van der Waals surface area (Å²) in [6.07, 6.45) is 4.12. The highest BCUT2D eigenvalue weighted by molar-refractivity contribution is 5.91. The van der Waals surface area contributed by atoms with Crippen molar-refractivity contribution in [1.29, 1.82) is 0 Å². The lowest BCUT2D eigenvalue weighted by Crippen LogP contribution is -2.37. The minimum absolute atomic E-state index is 0.0482. The number of anilines is 1. The Balaban J connectivity index is 1.48. The molecule has 0 spiro atoms. The van der Waals surface area contributed by atoms with Crippen LogP contribution in [-0.4, -0.2) is 34.0 Å². The summed E-state index contributed by atoms with van der Waals surface area (Å²) in [7, 11) is 0. The van der Waals surface area contributed by atoms with E-state index in [1.165, 1.54) is 0 Å². The number of benzene rings is 1. The Morgan fingerprint density at radius 3 is 2.85 bits per heavy atom. The van der Waals surface area contributed by atoms with E-state index >= 15 is 0 Å². The molecule has 2 atom stereocenters. The number of nitrogens with zero attached hydrogens (tertiary/aromatic N) is 3. The predicted octanol–water partition coefficient (Wildman–Crippen LogP) is 2.72. The van der Waals surface area contributed by atoms with E-state index in [1.54, 1.807) is 16.9 Å². The summed E-state index contributed by atoms with van der Waals surface area (Å²) in [4.78, 5) is 16.9. The van der Waals surface area contributed by atoms with Gasteiger partial charge in [0.1, 0.15) is 11.9 Å². The largest absolute Gasteiger partial charge is 0.377 e. The van der Waals surface area contributed by atoms with Crippen LogP contribution in [0.2, 0.25) is 0 Å². The van der Waals surface area contributed by atoms with Gasteiger partial charge in [-0.1, -0.05) is 24.3 Å². The molecule has 5 rings (SSSR count). The second-order valence-corrected chi connectivity index (χ2v) is 7.05. The maximum atomic E-state index is 12.4. The zero-order valence-corrected chi connectivity index (χ0v) is 14.3. The molecule has 0 amide bonds. The van der Waals surface area contributed by atoms with E-state index in [-0.39, 0.29) is 17.6 Å².